The third-order valence-electron chi connectivity index (χ3n) is 4.54. The van der Waals surface area contributed by atoms with Crippen LogP contribution in [0.3, 0.4) is 0 Å². The summed E-state index contributed by atoms with van der Waals surface area (Å²) in [6.07, 6.45) is 3.85. The van der Waals surface area contributed by atoms with Gasteiger partial charge in [0.25, 0.3) is 0 Å². The number of hydrogen-bond acceptors (Lipinski definition) is 5. The van der Waals surface area contributed by atoms with E-state index in [1.165, 1.54) is 19.3 Å². The molecule has 0 spiro atoms. The van der Waals surface area contributed by atoms with Gasteiger partial charge in [-0.2, -0.15) is 4.98 Å². The van der Waals surface area contributed by atoms with Gasteiger partial charge >= 0.3 is 0 Å². The largest absolute Gasteiger partial charge is 0.479 e. The maximum Gasteiger partial charge on any atom is 0.238 e. The van der Waals surface area contributed by atoms with Gasteiger partial charge in [-0.05, 0) is 38.4 Å². The van der Waals surface area contributed by atoms with Gasteiger partial charge < -0.3 is 15.4 Å². The van der Waals surface area contributed by atoms with Crippen molar-refractivity contribution < 1.29 is 4.74 Å². The fourth-order valence-electron chi connectivity index (χ4n) is 3.30. The molecule has 3 rings (SSSR count). The molecule has 5 nitrogen and oxygen atoms in total. The van der Waals surface area contributed by atoms with Crippen LogP contribution in [0.25, 0.3) is 0 Å². The van der Waals surface area contributed by atoms with E-state index in [9.17, 15) is 0 Å². The van der Waals surface area contributed by atoms with Crippen LogP contribution in [0.4, 0.5) is 11.5 Å². The number of methoxy groups -OCH3 is 1. The minimum atomic E-state index is 0.528. The average molecular weight is 262 g/mol. The van der Waals surface area contributed by atoms with Crippen LogP contribution < -0.4 is 15.4 Å². The first kappa shape index (κ1) is 12.5. The van der Waals surface area contributed by atoms with Crippen LogP contribution in [0.2, 0.25) is 0 Å². The Morgan fingerprint density at radius 3 is 2.84 bits per heavy atom. The fraction of sp³-hybridized carbons (Fsp3) is 0.643. The zero-order chi connectivity index (χ0) is 13.4. The number of rotatable bonds is 2. The summed E-state index contributed by atoms with van der Waals surface area (Å²) in [4.78, 5) is 9.42. The Morgan fingerprint density at radius 1 is 1.26 bits per heavy atom. The Hall–Kier alpha value is -1.49. The van der Waals surface area contributed by atoms with Crippen LogP contribution in [0.5, 0.6) is 5.88 Å². The third-order valence-corrected chi connectivity index (χ3v) is 4.54. The lowest BCUT2D eigenvalue weighted by atomic mass is 10.1. The quantitative estimate of drug-likeness (QED) is 0.872. The van der Waals surface area contributed by atoms with Crippen molar-refractivity contribution in [3.8, 4) is 5.88 Å². The van der Waals surface area contributed by atoms with Gasteiger partial charge in [0.2, 0.25) is 5.88 Å². The van der Waals surface area contributed by atoms with Gasteiger partial charge in [0.15, 0.2) is 0 Å². The standard InChI is InChI=1S/C14H22N4O/c1-17-10-3-4-11(17)9-18(8-7-10)13-6-5-12(15)14(16-13)19-2/h5-6,10-11H,3-4,7-9,15H2,1-2H3. The highest BCUT2D eigenvalue weighted by Crippen LogP contribution is 2.31. The lowest BCUT2D eigenvalue weighted by Crippen LogP contribution is -2.37. The molecular weight excluding hydrogens is 240 g/mol. The van der Waals surface area contributed by atoms with Crippen molar-refractivity contribution in [3.63, 3.8) is 0 Å². The number of nitrogen functional groups attached to an aromatic ring is 1. The van der Waals surface area contributed by atoms with E-state index in [0.29, 0.717) is 17.6 Å². The molecule has 1 aromatic heterocycles. The zero-order valence-electron chi connectivity index (χ0n) is 11.7. The van der Waals surface area contributed by atoms with Crippen LogP contribution in [-0.2, 0) is 0 Å². The average Bonchev–Trinajstić information content (AvgIpc) is 2.64. The Labute approximate surface area is 114 Å². The molecule has 0 aliphatic carbocycles. The molecule has 2 saturated heterocycles. The van der Waals surface area contributed by atoms with Crippen molar-refractivity contribution >= 4 is 11.5 Å². The number of hydrogen-bond donors (Lipinski definition) is 1. The number of aromatic nitrogens is 1. The predicted molar refractivity (Wildman–Crippen MR) is 76.6 cm³/mol. The first-order chi connectivity index (χ1) is 9.19. The Kier molecular flexibility index (Phi) is 3.22. The van der Waals surface area contributed by atoms with Gasteiger partial charge in [0.1, 0.15) is 5.82 Å². The van der Waals surface area contributed by atoms with E-state index in [-0.39, 0.29) is 0 Å². The molecule has 2 atom stereocenters. The van der Waals surface area contributed by atoms with Crippen molar-refractivity contribution in [2.75, 3.05) is 37.9 Å². The highest BCUT2D eigenvalue weighted by atomic mass is 16.5. The smallest absolute Gasteiger partial charge is 0.238 e. The minimum Gasteiger partial charge on any atom is -0.479 e. The van der Waals surface area contributed by atoms with E-state index >= 15 is 0 Å². The van der Waals surface area contributed by atoms with Crippen molar-refractivity contribution in [3.05, 3.63) is 12.1 Å². The summed E-state index contributed by atoms with van der Waals surface area (Å²) < 4.78 is 5.22. The van der Waals surface area contributed by atoms with Crippen molar-refractivity contribution in [1.29, 1.82) is 0 Å². The molecule has 0 aromatic carbocycles. The number of ether oxygens (including phenoxy) is 1. The second-order valence-electron chi connectivity index (χ2n) is 5.55. The first-order valence-corrected chi connectivity index (χ1v) is 6.96. The topological polar surface area (TPSA) is 54.6 Å². The van der Waals surface area contributed by atoms with Crippen LogP contribution in [0, 0.1) is 0 Å². The number of nitrogens with zero attached hydrogens (tertiary/aromatic N) is 3. The normalized spacial score (nSPS) is 27.4. The molecule has 2 fully saturated rings. The molecule has 1 aromatic rings. The highest BCUT2D eigenvalue weighted by Gasteiger charge is 2.35. The van der Waals surface area contributed by atoms with Crippen LogP contribution in [0.15, 0.2) is 12.1 Å². The minimum absolute atomic E-state index is 0.528. The van der Waals surface area contributed by atoms with Crippen LogP contribution in [-0.4, -0.2) is 49.2 Å². The highest BCUT2D eigenvalue weighted by molar-refractivity contribution is 5.54. The molecule has 2 unspecified atom stereocenters. The second-order valence-corrected chi connectivity index (χ2v) is 5.55. The van der Waals surface area contributed by atoms with Crippen molar-refractivity contribution in [1.82, 2.24) is 9.88 Å². The summed E-state index contributed by atoms with van der Waals surface area (Å²) in [6, 6.07) is 5.27. The molecule has 0 saturated carbocycles. The number of nitrogens with two attached hydrogens (primary N) is 1. The van der Waals surface area contributed by atoms with Crippen molar-refractivity contribution in [2.24, 2.45) is 0 Å². The van der Waals surface area contributed by atoms with Crippen LogP contribution >= 0.6 is 0 Å². The number of fused-ring (bicyclic) bond motifs is 2. The summed E-state index contributed by atoms with van der Waals surface area (Å²) in [5, 5.41) is 0. The maximum atomic E-state index is 5.83. The van der Waals surface area contributed by atoms with E-state index in [4.69, 9.17) is 10.5 Å². The molecule has 2 N–H and O–H groups in total. The monoisotopic (exact) mass is 262 g/mol. The molecule has 0 amide bonds. The molecule has 104 valence electrons. The molecule has 2 aliphatic heterocycles. The third kappa shape index (κ3) is 2.23. The number of anilines is 2. The fourth-order valence-corrected chi connectivity index (χ4v) is 3.30. The van der Waals surface area contributed by atoms with Crippen LogP contribution in [0.1, 0.15) is 19.3 Å². The molecule has 2 aliphatic rings. The van der Waals surface area contributed by atoms with Crippen molar-refractivity contribution in [2.45, 2.75) is 31.3 Å². The summed E-state index contributed by atoms with van der Waals surface area (Å²) in [6.45, 7) is 2.11. The zero-order valence-corrected chi connectivity index (χ0v) is 11.7. The second kappa shape index (κ2) is 4.89. The molecule has 5 heteroatoms. The predicted octanol–water partition coefficient (Wildman–Crippen LogP) is 1.35. The van der Waals surface area contributed by atoms with Gasteiger partial charge in [-0.3, -0.25) is 4.90 Å². The number of likely N-dealkylation sites (N-methyl/N-ethyl adjacent to an activating group) is 1. The van der Waals surface area contributed by atoms with E-state index in [0.717, 1.165) is 24.9 Å². The molecule has 0 radical (unpaired) electrons. The molecular formula is C14H22N4O. The lowest BCUT2D eigenvalue weighted by Gasteiger charge is -2.27. The van der Waals surface area contributed by atoms with E-state index < -0.39 is 0 Å². The van der Waals surface area contributed by atoms with E-state index in [1.807, 2.05) is 12.1 Å². The van der Waals surface area contributed by atoms with Gasteiger partial charge in [-0.1, -0.05) is 0 Å². The SMILES string of the molecule is COc1nc(N2CCC3CCC(C2)N3C)ccc1N. The molecule has 19 heavy (non-hydrogen) atoms. The summed E-state index contributed by atoms with van der Waals surface area (Å²) >= 11 is 0. The summed E-state index contributed by atoms with van der Waals surface area (Å²) in [5.41, 5.74) is 6.43. The Morgan fingerprint density at radius 2 is 2.05 bits per heavy atom. The molecule has 3 heterocycles. The summed E-state index contributed by atoms with van der Waals surface area (Å²) in [5.74, 6) is 1.51. The van der Waals surface area contributed by atoms with E-state index in [2.05, 4.69) is 21.8 Å². The van der Waals surface area contributed by atoms with Gasteiger partial charge in [-0.25, -0.2) is 0 Å². The molecule has 2 bridgehead atoms. The number of pyridine rings is 1. The Balaban J connectivity index is 1.82. The lowest BCUT2D eigenvalue weighted by molar-refractivity contribution is 0.254. The van der Waals surface area contributed by atoms with Gasteiger partial charge in [0.05, 0.1) is 12.8 Å². The first-order valence-electron chi connectivity index (χ1n) is 6.96. The maximum absolute atomic E-state index is 5.83. The Bertz CT molecular complexity index is 465. The summed E-state index contributed by atoms with van der Waals surface area (Å²) in [7, 11) is 3.86. The van der Waals surface area contributed by atoms with E-state index in [1.54, 1.807) is 7.11 Å². The van der Waals surface area contributed by atoms with Gasteiger partial charge in [0, 0.05) is 25.2 Å². The van der Waals surface area contributed by atoms with Gasteiger partial charge in [-0.15, -0.1) is 0 Å².